The average molecular weight is 435 g/mol. The SMILES string of the molecule is O=C(c1cc(Br)ccc1I)N1C[C@@H]2CCCN[C@@H]2C1. The third-order valence-corrected chi connectivity index (χ3v) is 5.48. The van der Waals surface area contributed by atoms with E-state index < -0.39 is 0 Å². The summed E-state index contributed by atoms with van der Waals surface area (Å²) >= 11 is 5.68. The molecule has 19 heavy (non-hydrogen) atoms. The van der Waals surface area contributed by atoms with Gasteiger partial charge in [-0.15, -0.1) is 0 Å². The number of nitrogens with one attached hydrogen (secondary N) is 1. The molecule has 1 aromatic rings. The van der Waals surface area contributed by atoms with Crippen molar-refractivity contribution >= 4 is 44.4 Å². The first-order valence-electron chi connectivity index (χ1n) is 6.63. The van der Waals surface area contributed by atoms with Crippen LogP contribution < -0.4 is 5.32 Å². The van der Waals surface area contributed by atoms with Crippen LogP contribution in [0.5, 0.6) is 0 Å². The second-order valence-corrected chi connectivity index (χ2v) is 7.38. The molecule has 0 saturated carbocycles. The molecule has 3 nitrogen and oxygen atoms in total. The minimum atomic E-state index is 0.168. The van der Waals surface area contributed by atoms with E-state index >= 15 is 0 Å². The van der Waals surface area contributed by atoms with Crippen LogP contribution in [-0.2, 0) is 0 Å². The maximum atomic E-state index is 12.6. The standard InChI is InChI=1S/C14H16BrIN2O/c15-10-3-4-12(16)11(6-10)14(19)18-7-9-2-1-5-17-13(9)8-18/h3-4,6,9,13,17H,1-2,5,7-8H2/t9-,13+/m0/s1. The molecule has 3 rings (SSSR count). The number of likely N-dealkylation sites (tertiary alicyclic amines) is 1. The molecule has 0 aliphatic carbocycles. The Hall–Kier alpha value is -0.140. The number of amides is 1. The minimum absolute atomic E-state index is 0.168. The lowest BCUT2D eigenvalue weighted by atomic mass is 9.94. The molecule has 0 bridgehead atoms. The van der Waals surface area contributed by atoms with Crippen LogP contribution in [0.3, 0.4) is 0 Å². The van der Waals surface area contributed by atoms with Gasteiger partial charge in [-0.3, -0.25) is 4.79 Å². The number of piperidine rings is 1. The number of fused-ring (bicyclic) bond motifs is 1. The molecule has 0 radical (unpaired) electrons. The molecule has 2 saturated heterocycles. The van der Waals surface area contributed by atoms with Crippen molar-refractivity contribution in [3.63, 3.8) is 0 Å². The van der Waals surface area contributed by atoms with Gasteiger partial charge in [0.25, 0.3) is 5.91 Å². The topological polar surface area (TPSA) is 32.3 Å². The summed E-state index contributed by atoms with van der Waals surface area (Å²) in [5, 5.41) is 3.54. The van der Waals surface area contributed by atoms with Gasteiger partial charge in [0.2, 0.25) is 0 Å². The summed E-state index contributed by atoms with van der Waals surface area (Å²) in [5.41, 5.74) is 0.814. The predicted octanol–water partition coefficient (Wildman–Crippen LogP) is 2.88. The molecule has 0 spiro atoms. The number of hydrogen-bond acceptors (Lipinski definition) is 2. The zero-order valence-electron chi connectivity index (χ0n) is 10.5. The Morgan fingerprint density at radius 2 is 2.26 bits per heavy atom. The summed E-state index contributed by atoms with van der Waals surface area (Å²) in [6, 6.07) is 6.39. The molecule has 102 valence electrons. The molecule has 2 atom stereocenters. The molecule has 1 N–H and O–H groups in total. The Morgan fingerprint density at radius 1 is 1.42 bits per heavy atom. The van der Waals surface area contributed by atoms with Crippen molar-refractivity contribution in [2.45, 2.75) is 18.9 Å². The first-order valence-corrected chi connectivity index (χ1v) is 8.50. The van der Waals surface area contributed by atoms with Crippen LogP contribution in [0, 0.1) is 9.49 Å². The van der Waals surface area contributed by atoms with Crippen molar-refractivity contribution in [3.8, 4) is 0 Å². The Labute approximate surface area is 135 Å². The van der Waals surface area contributed by atoms with Crippen molar-refractivity contribution in [3.05, 3.63) is 31.8 Å². The van der Waals surface area contributed by atoms with Gasteiger partial charge in [-0.1, -0.05) is 15.9 Å². The molecule has 2 fully saturated rings. The van der Waals surface area contributed by atoms with E-state index in [2.05, 4.69) is 43.8 Å². The molecule has 1 aromatic carbocycles. The number of nitrogens with zero attached hydrogens (tertiary/aromatic N) is 1. The lowest BCUT2D eigenvalue weighted by Crippen LogP contribution is -2.41. The van der Waals surface area contributed by atoms with Crippen molar-refractivity contribution in [1.29, 1.82) is 0 Å². The van der Waals surface area contributed by atoms with Crippen LogP contribution in [0.25, 0.3) is 0 Å². The molecule has 2 aliphatic heterocycles. The van der Waals surface area contributed by atoms with E-state index in [1.54, 1.807) is 0 Å². The zero-order valence-corrected chi connectivity index (χ0v) is 14.3. The van der Waals surface area contributed by atoms with Crippen LogP contribution in [0.1, 0.15) is 23.2 Å². The normalized spacial score (nSPS) is 26.3. The lowest BCUT2D eigenvalue weighted by Gasteiger charge is -2.24. The fourth-order valence-electron chi connectivity index (χ4n) is 3.04. The molecule has 0 unspecified atom stereocenters. The Kier molecular flexibility index (Phi) is 4.14. The predicted molar refractivity (Wildman–Crippen MR) is 87.3 cm³/mol. The summed E-state index contributed by atoms with van der Waals surface area (Å²) in [5.74, 6) is 0.810. The van der Waals surface area contributed by atoms with Crippen LogP contribution in [0.2, 0.25) is 0 Å². The van der Waals surface area contributed by atoms with Gasteiger partial charge in [0, 0.05) is 27.2 Å². The van der Waals surface area contributed by atoms with Crippen molar-refractivity contribution in [2.24, 2.45) is 5.92 Å². The third kappa shape index (κ3) is 2.83. The first-order chi connectivity index (χ1) is 9.15. The Bertz CT molecular complexity index is 494. The second-order valence-electron chi connectivity index (χ2n) is 5.30. The molecule has 1 amide bonds. The summed E-state index contributed by atoms with van der Waals surface area (Å²) < 4.78 is 1.99. The smallest absolute Gasteiger partial charge is 0.255 e. The van der Waals surface area contributed by atoms with Gasteiger partial charge in [-0.2, -0.15) is 0 Å². The van der Waals surface area contributed by atoms with E-state index in [0.29, 0.717) is 12.0 Å². The van der Waals surface area contributed by atoms with E-state index in [4.69, 9.17) is 0 Å². The van der Waals surface area contributed by atoms with Gasteiger partial charge < -0.3 is 10.2 Å². The van der Waals surface area contributed by atoms with Crippen LogP contribution in [0.15, 0.2) is 22.7 Å². The lowest BCUT2D eigenvalue weighted by molar-refractivity contribution is 0.0784. The summed E-state index contributed by atoms with van der Waals surface area (Å²) in [4.78, 5) is 14.6. The highest BCUT2D eigenvalue weighted by molar-refractivity contribution is 14.1. The zero-order chi connectivity index (χ0) is 13.4. The average Bonchev–Trinajstić information content (AvgIpc) is 2.84. The van der Waals surface area contributed by atoms with E-state index in [0.717, 1.165) is 33.2 Å². The van der Waals surface area contributed by atoms with Crippen molar-refractivity contribution in [2.75, 3.05) is 19.6 Å². The maximum Gasteiger partial charge on any atom is 0.255 e. The van der Waals surface area contributed by atoms with Crippen molar-refractivity contribution in [1.82, 2.24) is 10.2 Å². The van der Waals surface area contributed by atoms with E-state index in [1.807, 2.05) is 23.1 Å². The van der Waals surface area contributed by atoms with Crippen LogP contribution in [-0.4, -0.2) is 36.5 Å². The van der Waals surface area contributed by atoms with Gasteiger partial charge in [0.1, 0.15) is 0 Å². The number of benzene rings is 1. The molecule has 2 heterocycles. The highest BCUT2D eigenvalue weighted by Crippen LogP contribution is 2.27. The Morgan fingerprint density at radius 3 is 3.05 bits per heavy atom. The molecule has 0 aromatic heterocycles. The van der Waals surface area contributed by atoms with E-state index in [-0.39, 0.29) is 5.91 Å². The number of rotatable bonds is 1. The van der Waals surface area contributed by atoms with E-state index in [9.17, 15) is 4.79 Å². The molecular weight excluding hydrogens is 419 g/mol. The summed E-state index contributed by atoms with van der Waals surface area (Å²) in [6.45, 7) is 2.85. The van der Waals surface area contributed by atoms with Gasteiger partial charge in [-0.25, -0.2) is 0 Å². The monoisotopic (exact) mass is 434 g/mol. The van der Waals surface area contributed by atoms with Gasteiger partial charge in [0.05, 0.1) is 5.56 Å². The number of halogens is 2. The third-order valence-electron chi connectivity index (χ3n) is 4.05. The van der Waals surface area contributed by atoms with Crippen LogP contribution >= 0.6 is 38.5 Å². The quantitative estimate of drug-likeness (QED) is 0.689. The molecular formula is C14H16BrIN2O. The number of carbonyl (C=O) groups excluding carboxylic acids is 1. The fourth-order valence-corrected chi connectivity index (χ4v) is 3.97. The van der Waals surface area contributed by atoms with Gasteiger partial charge in [0.15, 0.2) is 0 Å². The summed E-state index contributed by atoms with van der Waals surface area (Å²) in [6.07, 6.45) is 2.48. The van der Waals surface area contributed by atoms with Crippen molar-refractivity contribution < 1.29 is 4.79 Å². The van der Waals surface area contributed by atoms with Crippen LogP contribution in [0.4, 0.5) is 0 Å². The summed E-state index contributed by atoms with van der Waals surface area (Å²) in [7, 11) is 0. The first kappa shape index (κ1) is 13.8. The van der Waals surface area contributed by atoms with Gasteiger partial charge in [-0.05, 0) is 66.1 Å². The van der Waals surface area contributed by atoms with E-state index in [1.165, 1.54) is 12.8 Å². The highest BCUT2D eigenvalue weighted by atomic mass is 127. The second kappa shape index (κ2) is 5.69. The van der Waals surface area contributed by atoms with Gasteiger partial charge >= 0.3 is 0 Å². The molecule has 2 aliphatic rings. The largest absolute Gasteiger partial charge is 0.337 e. The fraction of sp³-hybridized carbons (Fsp3) is 0.500. The minimum Gasteiger partial charge on any atom is -0.337 e. The number of hydrogen-bond donors (Lipinski definition) is 1. The maximum absolute atomic E-state index is 12.6. The molecule has 5 heteroatoms. The Balaban J connectivity index is 1.79. The highest BCUT2D eigenvalue weighted by Gasteiger charge is 2.36. The number of carbonyl (C=O) groups is 1.